The Hall–Kier alpha value is -1.05. The van der Waals surface area contributed by atoms with E-state index in [1.165, 1.54) is 11.3 Å². The average Bonchev–Trinajstić information content (AvgIpc) is 3.00. The number of aliphatic hydroxyl groups is 1. The van der Waals surface area contributed by atoms with Crippen molar-refractivity contribution in [3.63, 3.8) is 0 Å². The third-order valence-corrected chi connectivity index (χ3v) is 4.79. The summed E-state index contributed by atoms with van der Waals surface area (Å²) in [6, 6.07) is 1.83. The minimum Gasteiger partial charge on any atom is -0.384 e. The Morgan fingerprint density at radius 3 is 2.77 bits per heavy atom. The molecule has 0 radical (unpaired) electrons. The predicted molar refractivity (Wildman–Crippen MR) is 82.1 cm³/mol. The molecule has 0 bridgehead atoms. The van der Waals surface area contributed by atoms with E-state index in [1.807, 2.05) is 16.8 Å². The van der Waals surface area contributed by atoms with Gasteiger partial charge in [-0.3, -0.25) is 9.69 Å². The van der Waals surface area contributed by atoms with Crippen LogP contribution < -0.4 is 5.32 Å². The second kappa shape index (κ2) is 7.48. The molecule has 1 aliphatic heterocycles. The second-order valence-corrected chi connectivity index (χ2v) is 6.75. The lowest BCUT2D eigenvalue weighted by molar-refractivity contribution is -0.127. The largest absolute Gasteiger partial charge is 0.384 e. The number of piperidine rings is 1. The molecule has 1 aliphatic rings. The number of carbonyl (C=O) groups excluding carboxylic acids is 1. The zero-order valence-corrected chi connectivity index (χ0v) is 13.4. The summed E-state index contributed by atoms with van der Waals surface area (Å²) < 4.78 is 24.6. The van der Waals surface area contributed by atoms with Crippen LogP contribution in [-0.2, 0) is 10.4 Å². The van der Waals surface area contributed by atoms with Crippen LogP contribution in [0.15, 0.2) is 16.8 Å². The fourth-order valence-corrected chi connectivity index (χ4v) is 3.43. The maximum Gasteiger partial charge on any atom is 0.251 e. The zero-order valence-electron chi connectivity index (χ0n) is 12.6. The lowest BCUT2D eigenvalue weighted by atomic mass is 9.94. The fourth-order valence-electron chi connectivity index (χ4n) is 2.65. The van der Waals surface area contributed by atoms with Gasteiger partial charge in [0.15, 0.2) is 0 Å². The number of hydrogen-bond donors (Lipinski definition) is 2. The molecule has 1 saturated heterocycles. The smallest absolute Gasteiger partial charge is 0.251 e. The molecular formula is C15H22F2N2O2S. The molecule has 2 N–H and O–H groups in total. The molecule has 2 rings (SSSR count). The summed E-state index contributed by atoms with van der Waals surface area (Å²) in [5, 5.41) is 16.9. The minimum atomic E-state index is -2.33. The number of nitrogens with zero attached hydrogens (tertiary/aromatic N) is 1. The van der Waals surface area contributed by atoms with Crippen LogP contribution in [0.1, 0.15) is 25.3 Å². The van der Waals surface area contributed by atoms with Gasteiger partial charge in [0, 0.05) is 5.92 Å². The van der Waals surface area contributed by atoms with Gasteiger partial charge in [-0.05, 0) is 55.2 Å². The van der Waals surface area contributed by atoms with Crippen LogP contribution in [0, 0.1) is 5.92 Å². The highest BCUT2D eigenvalue weighted by molar-refractivity contribution is 7.08. The molecule has 4 nitrogen and oxygen atoms in total. The molecule has 0 aliphatic carbocycles. The molecule has 1 atom stereocenters. The van der Waals surface area contributed by atoms with E-state index in [4.69, 9.17) is 0 Å². The van der Waals surface area contributed by atoms with E-state index in [9.17, 15) is 18.7 Å². The normalized spacial score (nSPS) is 20.0. The SMILES string of the molecule is CC(O)(CNC(=O)C1CCN(CC(F)F)CC1)c1ccsc1. The first-order valence-electron chi connectivity index (χ1n) is 7.42. The van der Waals surface area contributed by atoms with E-state index in [-0.39, 0.29) is 24.9 Å². The van der Waals surface area contributed by atoms with Gasteiger partial charge in [-0.15, -0.1) is 0 Å². The van der Waals surface area contributed by atoms with E-state index < -0.39 is 12.0 Å². The summed E-state index contributed by atoms with van der Waals surface area (Å²) in [5.41, 5.74) is -0.309. The Bertz CT molecular complexity index is 472. The summed E-state index contributed by atoms with van der Waals surface area (Å²) in [4.78, 5) is 13.8. The minimum absolute atomic E-state index is 0.104. The van der Waals surface area contributed by atoms with Crippen molar-refractivity contribution >= 4 is 17.2 Å². The molecule has 1 fully saturated rings. The van der Waals surface area contributed by atoms with Crippen molar-refractivity contribution < 1.29 is 18.7 Å². The molecule has 0 spiro atoms. The highest BCUT2D eigenvalue weighted by Gasteiger charge is 2.29. The maximum atomic E-state index is 12.3. The Labute approximate surface area is 133 Å². The summed E-state index contributed by atoms with van der Waals surface area (Å²) >= 11 is 1.49. The number of hydrogen-bond acceptors (Lipinski definition) is 4. The average molecular weight is 332 g/mol. The van der Waals surface area contributed by atoms with Gasteiger partial charge >= 0.3 is 0 Å². The van der Waals surface area contributed by atoms with Gasteiger partial charge in [0.2, 0.25) is 5.91 Å². The van der Waals surface area contributed by atoms with Gasteiger partial charge in [-0.25, -0.2) is 8.78 Å². The van der Waals surface area contributed by atoms with Crippen LogP contribution in [0.25, 0.3) is 0 Å². The van der Waals surface area contributed by atoms with Gasteiger partial charge in [-0.2, -0.15) is 11.3 Å². The highest BCUT2D eigenvalue weighted by Crippen LogP contribution is 2.23. The number of thiophene rings is 1. The molecule has 2 heterocycles. The van der Waals surface area contributed by atoms with Crippen molar-refractivity contribution in [2.24, 2.45) is 5.92 Å². The Morgan fingerprint density at radius 1 is 1.55 bits per heavy atom. The fraction of sp³-hybridized carbons (Fsp3) is 0.667. The lowest BCUT2D eigenvalue weighted by Gasteiger charge is -2.31. The molecule has 7 heteroatoms. The molecule has 22 heavy (non-hydrogen) atoms. The van der Waals surface area contributed by atoms with Crippen molar-refractivity contribution in [2.75, 3.05) is 26.2 Å². The summed E-state index contributed by atoms with van der Waals surface area (Å²) in [6.07, 6.45) is -1.16. The van der Waals surface area contributed by atoms with E-state index in [0.717, 1.165) is 5.56 Å². The Balaban J connectivity index is 1.77. The van der Waals surface area contributed by atoms with Crippen LogP contribution in [0.5, 0.6) is 0 Å². The summed E-state index contributed by atoms with van der Waals surface area (Å²) in [6.45, 7) is 2.63. The molecule has 1 aromatic rings. The number of alkyl halides is 2. The number of amides is 1. The molecule has 124 valence electrons. The van der Waals surface area contributed by atoms with Gasteiger partial charge < -0.3 is 10.4 Å². The van der Waals surface area contributed by atoms with Crippen molar-refractivity contribution in [3.8, 4) is 0 Å². The predicted octanol–water partition coefficient (Wildman–Crippen LogP) is 2.05. The Morgan fingerprint density at radius 2 is 2.23 bits per heavy atom. The third-order valence-electron chi connectivity index (χ3n) is 4.10. The molecule has 1 amide bonds. The quantitative estimate of drug-likeness (QED) is 0.838. The van der Waals surface area contributed by atoms with Crippen LogP contribution in [0.2, 0.25) is 0 Å². The molecular weight excluding hydrogens is 310 g/mol. The van der Waals surface area contributed by atoms with Crippen LogP contribution in [0.3, 0.4) is 0 Å². The topological polar surface area (TPSA) is 52.6 Å². The maximum absolute atomic E-state index is 12.3. The van der Waals surface area contributed by atoms with Gasteiger partial charge in [0.05, 0.1) is 13.1 Å². The first-order chi connectivity index (χ1) is 10.4. The van der Waals surface area contributed by atoms with E-state index >= 15 is 0 Å². The van der Waals surface area contributed by atoms with E-state index in [0.29, 0.717) is 25.9 Å². The first-order valence-corrected chi connectivity index (χ1v) is 8.36. The second-order valence-electron chi connectivity index (χ2n) is 5.97. The highest BCUT2D eigenvalue weighted by atomic mass is 32.1. The van der Waals surface area contributed by atoms with Crippen LogP contribution in [-0.4, -0.2) is 48.5 Å². The summed E-state index contributed by atoms with van der Waals surface area (Å²) in [5.74, 6) is -0.264. The van der Waals surface area contributed by atoms with Crippen molar-refractivity contribution in [3.05, 3.63) is 22.4 Å². The Kier molecular flexibility index (Phi) is 5.88. The van der Waals surface area contributed by atoms with Crippen LogP contribution in [0.4, 0.5) is 8.78 Å². The molecule has 1 aromatic heterocycles. The van der Waals surface area contributed by atoms with Crippen LogP contribution >= 0.6 is 11.3 Å². The van der Waals surface area contributed by atoms with E-state index in [2.05, 4.69) is 5.32 Å². The monoisotopic (exact) mass is 332 g/mol. The van der Waals surface area contributed by atoms with Crippen molar-refractivity contribution in [1.82, 2.24) is 10.2 Å². The number of nitrogens with one attached hydrogen (secondary N) is 1. The standard InChI is InChI=1S/C15H22F2N2O2S/c1-15(21,12-4-7-22-9-12)10-18-14(20)11-2-5-19(6-3-11)8-13(16)17/h4,7,9,11,13,21H,2-3,5-6,8,10H2,1H3,(H,18,20). The number of carbonyl (C=O) groups is 1. The van der Waals surface area contributed by atoms with Crippen molar-refractivity contribution in [1.29, 1.82) is 0 Å². The van der Waals surface area contributed by atoms with Gasteiger partial charge in [-0.1, -0.05) is 0 Å². The molecule has 1 unspecified atom stereocenters. The van der Waals surface area contributed by atoms with Crippen molar-refractivity contribution in [2.45, 2.75) is 31.8 Å². The number of halogens is 2. The van der Waals surface area contributed by atoms with E-state index in [1.54, 1.807) is 11.8 Å². The molecule has 0 aromatic carbocycles. The first kappa shape index (κ1) is 17.3. The lowest BCUT2D eigenvalue weighted by Crippen LogP contribution is -2.45. The van der Waals surface area contributed by atoms with Gasteiger partial charge in [0.25, 0.3) is 6.43 Å². The van der Waals surface area contributed by atoms with Gasteiger partial charge in [0.1, 0.15) is 5.60 Å². The summed E-state index contributed by atoms with van der Waals surface area (Å²) in [7, 11) is 0. The molecule has 0 saturated carbocycles. The third kappa shape index (κ3) is 4.72. The number of rotatable bonds is 6. The number of likely N-dealkylation sites (tertiary alicyclic amines) is 1. The zero-order chi connectivity index (χ0) is 16.2.